The van der Waals surface area contributed by atoms with E-state index in [9.17, 15) is 4.79 Å². The Morgan fingerprint density at radius 2 is 2.12 bits per heavy atom. The second kappa shape index (κ2) is 5.78. The molecule has 2 aliphatic rings. The summed E-state index contributed by atoms with van der Waals surface area (Å²) < 4.78 is 0. The van der Waals surface area contributed by atoms with Crippen LogP contribution in [0.5, 0.6) is 0 Å². The predicted molar refractivity (Wildman–Crippen MR) is 72.0 cm³/mol. The molecule has 0 saturated heterocycles. The molecule has 0 amide bonds. The first kappa shape index (κ1) is 13.7. The van der Waals surface area contributed by atoms with Crippen molar-refractivity contribution in [2.24, 2.45) is 0 Å². The molecule has 0 fully saturated rings. The Morgan fingerprint density at radius 1 is 1.38 bits per heavy atom. The molecule has 0 aliphatic heterocycles. The number of halogens is 1. The van der Waals surface area contributed by atoms with E-state index in [1.807, 2.05) is 6.08 Å². The highest BCUT2D eigenvalue weighted by Crippen LogP contribution is 2.30. The van der Waals surface area contributed by atoms with E-state index in [2.05, 4.69) is 25.2 Å². The van der Waals surface area contributed by atoms with Crippen molar-refractivity contribution < 1.29 is 4.79 Å². The van der Waals surface area contributed by atoms with Gasteiger partial charge in [0.15, 0.2) is 5.78 Å². The van der Waals surface area contributed by atoms with E-state index in [1.165, 1.54) is 5.57 Å². The van der Waals surface area contributed by atoms with Crippen molar-refractivity contribution in [3.8, 4) is 0 Å². The maximum absolute atomic E-state index is 12.1. The van der Waals surface area contributed by atoms with Crippen molar-refractivity contribution >= 4 is 22.8 Å². The predicted octanol–water partition coefficient (Wildman–Crippen LogP) is 2.94. The molecule has 0 aromatic rings. The lowest BCUT2D eigenvalue weighted by atomic mass is 9.82. The summed E-state index contributed by atoms with van der Waals surface area (Å²) in [6.07, 6.45) is 8.41. The van der Waals surface area contributed by atoms with Gasteiger partial charge in [0.2, 0.25) is 0 Å². The smallest absolute Gasteiger partial charge is 0.179 e. The third kappa shape index (κ3) is 2.83. The molecule has 0 bridgehead atoms. The molecule has 1 atom stereocenters. The topological polar surface area (TPSA) is 29.1 Å². The number of allylic oxidation sites excluding steroid dienone is 3. The zero-order valence-corrected chi connectivity index (χ0v) is 11.7. The molecular formula is C13H20BrNO. The van der Waals surface area contributed by atoms with E-state index < -0.39 is 0 Å². The van der Waals surface area contributed by atoms with Crippen LogP contribution in [0.25, 0.3) is 0 Å². The number of ketones is 1. The second-order valence-electron chi connectivity index (χ2n) is 4.74. The summed E-state index contributed by atoms with van der Waals surface area (Å²) in [6, 6.07) is 0.431. The van der Waals surface area contributed by atoms with Crippen LogP contribution in [0, 0.1) is 0 Å². The summed E-state index contributed by atoms with van der Waals surface area (Å²) in [5.41, 5.74) is 2.37. The Balaban J connectivity index is 0.00000128. The fourth-order valence-corrected chi connectivity index (χ4v) is 2.43. The molecule has 16 heavy (non-hydrogen) atoms. The fraction of sp³-hybridized carbons (Fsp3) is 0.615. The van der Waals surface area contributed by atoms with Gasteiger partial charge in [0.1, 0.15) is 0 Å². The molecule has 0 heterocycles. The number of Topliss-reactive ketones (excluding diaryl/α,β-unsaturated/α-hetero) is 1. The van der Waals surface area contributed by atoms with Crippen LogP contribution in [-0.4, -0.2) is 17.9 Å². The normalized spacial score (nSPS) is 24.4. The molecule has 1 unspecified atom stereocenters. The van der Waals surface area contributed by atoms with Gasteiger partial charge in [-0.15, -0.1) is 17.0 Å². The van der Waals surface area contributed by atoms with Gasteiger partial charge in [0.05, 0.1) is 6.04 Å². The third-order valence-electron chi connectivity index (χ3n) is 3.13. The van der Waals surface area contributed by atoms with Crippen molar-refractivity contribution in [1.29, 1.82) is 0 Å². The molecule has 0 spiro atoms. The number of carbonyl (C=O) groups is 1. The number of carbonyl (C=O) groups excluding carboxylic acids is 1. The zero-order valence-electron chi connectivity index (χ0n) is 9.95. The van der Waals surface area contributed by atoms with Crippen molar-refractivity contribution in [2.45, 2.75) is 51.6 Å². The van der Waals surface area contributed by atoms with Gasteiger partial charge < -0.3 is 5.32 Å². The molecule has 0 aromatic heterocycles. The molecule has 1 N–H and O–H groups in total. The number of nitrogens with one attached hydrogen (secondary N) is 1. The van der Waals surface area contributed by atoms with E-state index in [0.29, 0.717) is 11.8 Å². The Labute approximate surface area is 108 Å². The molecule has 2 rings (SSSR count). The molecule has 2 aliphatic carbocycles. The van der Waals surface area contributed by atoms with Crippen molar-refractivity contribution in [2.75, 3.05) is 0 Å². The lowest BCUT2D eigenvalue weighted by Gasteiger charge is -2.28. The molecule has 0 radical (unpaired) electrons. The molecule has 0 aromatic carbocycles. The van der Waals surface area contributed by atoms with Gasteiger partial charge in [0.25, 0.3) is 0 Å². The van der Waals surface area contributed by atoms with E-state index in [4.69, 9.17) is 0 Å². The lowest BCUT2D eigenvalue weighted by molar-refractivity contribution is -0.118. The van der Waals surface area contributed by atoms with Crippen LogP contribution in [0.4, 0.5) is 0 Å². The number of hydrogen-bond donors (Lipinski definition) is 1. The van der Waals surface area contributed by atoms with Crippen LogP contribution in [-0.2, 0) is 4.79 Å². The van der Waals surface area contributed by atoms with Crippen LogP contribution in [0.1, 0.15) is 39.5 Å². The number of hydrogen-bond acceptors (Lipinski definition) is 2. The maximum Gasteiger partial charge on any atom is 0.179 e. The van der Waals surface area contributed by atoms with E-state index >= 15 is 0 Å². The SMILES string of the molecule is Br.CC(C)NC1CCC2=C(C=CCC2)C1=O. The highest BCUT2D eigenvalue weighted by Gasteiger charge is 2.28. The summed E-state index contributed by atoms with van der Waals surface area (Å²) >= 11 is 0. The van der Waals surface area contributed by atoms with Gasteiger partial charge >= 0.3 is 0 Å². The highest BCUT2D eigenvalue weighted by molar-refractivity contribution is 8.93. The Hall–Kier alpha value is -0.410. The molecule has 2 nitrogen and oxygen atoms in total. The van der Waals surface area contributed by atoms with Crippen LogP contribution in [0.3, 0.4) is 0 Å². The van der Waals surface area contributed by atoms with Crippen LogP contribution in [0.15, 0.2) is 23.3 Å². The third-order valence-corrected chi connectivity index (χ3v) is 3.13. The first-order chi connectivity index (χ1) is 7.18. The first-order valence-corrected chi connectivity index (χ1v) is 5.87. The van der Waals surface area contributed by atoms with Crippen LogP contribution in [0.2, 0.25) is 0 Å². The standard InChI is InChI=1S/C13H19NO.BrH/c1-9(2)14-12-8-7-10-5-3-4-6-11(10)13(12)15;/h4,6,9,12,14H,3,5,7-8H2,1-2H3;1H. The first-order valence-electron chi connectivity index (χ1n) is 5.87. The summed E-state index contributed by atoms with van der Waals surface area (Å²) in [4.78, 5) is 12.1. The average molecular weight is 286 g/mol. The van der Waals surface area contributed by atoms with Gasteiger partial charge in [-0.2, -0.15) is 0 Å². The van der Waals surface area contributed by atoms with E-state index in [0.717, 1.165) is 31.3 Å². The minimum Gasteiger partial charge on any atom is -0.305 e. The lowest BCUT2D eigenvalue weighted by Crippen LogP contribution is -2.43. The highest BCUT2D eigenvalue weighted by atomic mass is 79.9. The van der Waals surface area contributed by atoms with Gasteiger partial charge in [-0.25, -0.2) is 0 Å². The van der Waals surface area contributed by atoms with Crippen molar-refractivity contribution in [1.82, 2.24) is 5.32 Å². The summed E-state index contributed by atoms with van der Waals surface area (Å²) in [6.45, 7) is 4.18. The van der Waals surface area contributed by atoms with Gasteiger partial charge in [0, 0.05) is 11.6 Å². The monoisotopic (exact) mass is 285 g/mol. The maximum atomic E-state index is 12.1. The van der Waals surface area contributed by atoms with Crippen molar-refractivity contribution in [3.63, 3.8) is 0 Å². The fourth-order valence-electron chi connectivity index (χ4n) is 2.43. The van der Waals surface area contributed by atoms with Gasteiger partial charge in [-0.1, -0.05) is 31.6 Å². The molecular weight excluding hydrogens is 266 g/mol. The quantitative estimate of drug-likeness (QED) is 0.845. The summed E-state index contributed by atoms with van der Waals surface area (Å²) in [7, 11) is 0. The largest absolute Gasteiger partial charge is 0.305 e. The molecule has 3 heteroatoms. The van der Waals surface area contributed by atoms with Gasteiger partial charge in [-0.05, 0) is 25.7 Å². The summed E-state index contributed by atoms with van der Waals surface area (Å²) in [5, 5.41) is 3.35. The Bertz CT molecular complexity index is 331. The Kier molecular flexibility index (Phi) is 4.93. The van der Waals surface area contributed by atoms with Crippen molar-refractivity contribution in [3.05, 3.63) is 23.3 Å². The Morgan fingerprint density at radius 3 is 2.81 bits per heavy atom. The van der Waals surface area contributed by atoms with Crippen LogP contribution >= 0.6 is 17.0 Å². The minimum atomic E-state index is 0. The molecule has 0 saturated carbocycles. The molecule has 90 valence electrons. The zero-order chi connectivity index (χ0) is 10.8. The van der Waals surface area contributed by atoms with Gasteiger partial charge in [-0.3, -0.25) is 4.79 Å². The van der Waals surface area contributed by atoms with E-state index in [1.54, 1.807) is 0 Å². The average Bonchev–Trinajstić information content (AvgIpc) is 2.22. The van der Waals surface area contributed by atoms with E-state index in [-0.39, 0.29) is 23.0 Å². The van der Waals surface area contributed by atoms with Crippen LogP contribution < -0.4 is 5.32 Å². The summed E-state index contributed by atoms with van der Waals surface area (Å²) in [5.74, 6) is 0.306. The second-order valence-corrected chi connectivity index (χ2v) is 4.74. The minimum absolute atomic E-state index is 0. The number of rotatable bonds is 2.